The molecule has 1 aliphatic rings. The van der Waals surface area contributed by atoms with Crippen LogP contribution >= 0.6 is 0 Å². The third kappa shape index (κ3) is 4.21. The fourth-order valence-electron chi connectivity index (χ4n) is 2.45. The van der Waals surface area contributed by atoms with Crippen molar-refractivity contribution in [3.05, 3.63) is 39.4 Å². The molecule has 2 rings (SSSR count). The minimum Gasteiger partial charge on any atom is -0.354 e. The van der Waals surface area contributed by atoms with Gasteiger partial charge in [0, 0.05) is 31.6 Å². The van der Waals surface area contributed by atoms with Gasteiger partial charge in [-0.2, -0.15) is 0 Å². The number of nitro benzene ring substituents is 1. The normalized spacial score (nSPS) is 12.7. The highest BCUT2D eigenvalue weighted by Crippen LogP contribution is 2.26. The van der Waals surface area contributed by atoms with E-state index in [0.29, 0.717) is 6.42 Å². The van der Waals surface area contributed by atoms with Crippen molar-refractivity contribution in [3.63, 3.8) is 0 Å². The Hall–Kier alpha value is -3.30. The van der Waals surface area contributed by atoms with E-state index >= 15 is 0 Å². The summed E-state index contributed by atoms with van der Waals surface area (Å²) >= 11 is 0. The van der Waals surface area contributed by atoms with Crippen molar-refractivity contribution in [1.29, 1.82) is 0 Å². The second kappa shape index (κ2) is 8.19. The summed E-state index contributed by atoms with van der Waals surface area (Å²) in [5, 5.41) is 15.9. The lowest BCUT2D eigenvalue weighted by molar-refractivity contribution is -0.384. The smallest absolute Gasteiger partial charge is 0.270 e. The Morgan fingerprint density at radius 2 is 1.69 bits per heavy atom. The number of fused-ring (bicyclic) bond motifs is 1. The number of nitrogens with one attached hydrogen (secondary N) is 2. The Morgan fingerprint density at radius 3 is 2.31 bits per heavy atom. The van der Waals surface area contributed by atoms with E-state index in [0.717, 1.165) is 23.5 Å². The van der Waals surface area contributed by atoms with Crippen LogP contribution in [0.4, 0.5) is 5.69 Å². The van der Waals surface area contributed by atoms with Crippen LogP contribution in [0.15, 0.2) is 18.2 Å². The van der Waals surface area contributed by atoms with Gasteiger partial charge in [-0.25, -0.2) is 0 Å². The number of hydrogen-bond acceptors (Lipinski definition) is 6. The van der Waals surface area contributed by atoms with E-state index < -0.39 is 29.2 Å². The lowest BCUT2D eigenvalue weighted by Crippen LogP contribution is -2.42. The molecule has 0 unspecified atom stereocenters. The molecule has 10 heteroatoms. The van der Waals surface area contributed by atoms with E-state index in [4.69, 9.17) is 0 Å². The number of hydrogen-bond donors (Lipinski definition) is 2. The number of amides is 4. The molecular formula is C16H18N4O6. The van der Waals surface area contributed by atoms with E-state index in [1.165, 1.54) is 6.07 Å². The molecule has 0 fully saturated rings. The summed E-state index contributed by atoms with van der Waals surface area (Å²) in [5.41, 5.74) is -0.372. The van der Waals surface area contributed by atoms with E-state index in [-0.39, 0.29) is 35.8 Å². The fourth-order valence-corrected chi connectivity index (χ4v) is 2.45. The standard InChI is InChI=1S/C16H18N4O6/c1-2-3-13(21)17-6-7-18-14(22)9-19-15(23)11-5-4-10(20(25)26)8-12(11)16(19)24/h4-5,8H,2-3,6-7,9H2,1H3,(H,17,21)(H,18,22). The van der Waals surface area contributed by atoms with Gasteiger partial charge in [-0.3, -0.25) is 34.2 Å². The Labute approximate surface area is 148 Å². The van der Waals surface area contributed by atoms with Gasteiger partial charge in [0.2, 0.25) is 11.8 Å². The highest BCUT2D eigenvalue weighted by Gasteiger charge is 2.37. The third-order valence-electron chi connectivity index (χ3n) is 3.71. The van der Waals surface area contributed by atoms with Gasteiger partial charge in [-0.05, 0) is 12.5 Å². The maximum absolute atomic E-state index is 12.3. The van der Waals surface area contributed by atoms with Crippen LogP contribution in [0.3, 0.4) is 0 Å². The summed E-state index contributed by atoms with van der Waals surface area (Å²) < 4.78 is 0. The monoisotopic (exact) mass is 362 g/mol. The zero-order chi connectivity index (χ0) is 19.3. The number of carbonyl (C=O) groups is 4. The van der Waals surface area contributed by atoms with Gasteiger partial charge >= 0.3 is 0 Å². The van der Waals surface area contributed by atoms with Crippen molar-refractivity contribution in [2.24, 2.45) is 0 Å². The van der Waals surface area contributed by atoms with Gasteiger partial charge < -0.3 is 10.6 Å². The van der Waals surface area contributed by atoms with Crippen LogP contribution in [0.2, 0.25) is 0 Å². The van der Waals surface area contributed by atoms with Gasteiger partial charge in [-0.15, -0.1) is 0 Å². The van der Waals surface area contributed by atoms with Crippen molar-refractivity contribution < 1.29 is 24.1 Å². The van der Waals surface area contributed by atoms with Crippen LogP contribution in [0.1, 0.15) is 40.5 Å². The van der Waals surface area contributed by atoms with Crippen LogP contribution < -0.4 is 10.6 Å². The second-order valence-electron chi connectivity index (χ2n) is 5.63. The van der Waals surface area contributed by atoms with Crippen LogP contribution in [-0.2, 0) is 9.59 Å². The van der Waals surface area contributed by atoms with E-state index in [9.17, 15) is 29.3 Å². The molecule has 0 saturated carbocycles. The van der Waals surface area contributed by atoms with E-state index in [1.807, 2.05) is 6.92 Å². The topological polar surface area (TPSA) is 139 Å². The zero-order valence-corrected chi connectivity index (χ0v) is 14.1. The van der Waals surface area contributed by atoms with Crippen molar-refractivity contribution in [2.75, 3.05) is 19.6 Å². The summed E-state index contributed by atoms with van der Waals surface area (Å²) in [6.07, 6.45) is 1.12. The molecule has 0 aromatic heterocycles. The first-order chi connectivity index (χ1) is 12.3. The number of non-ortho nitro benzene ring substituents is 1. The van der Waals surface area contributed by atoms with Crippen molar-refractivity contribution >= 4 is 29.3 Å². The molecule has 1 aromatic carbocycles. The van der Waals surface area contributed by atoms with Crippen LogP contribution in [0.5, 0.6) is 0 Å². The SMILES string of the molecule is CCCC(=O)NCCNC(=O)CN1C(=O)c2ccc([N+](=O)[O-])cc2C1=O. The summed E-state index contributed by atoms with van der Waals surface area (Å²) in [5.74, 6) is -2.12. The maximum atomic E-state index is 12.3. The minimum absolute atomic E-state index is 0.0280. The van der Waals surface area contributed by atoms with E-state index in [2.05, 4.69) is 10.6 Å². The Balaban J connectivity index is 1.91. The summed E-state index contributed by atoms with van der Waals surface area (Å²) in [4.78, 5) is 58.5. The Morgan fingerprint density at radius 1 is 1.08 bits per heavy atom. The lowest BCUT2D eigenvalue weighted by Gasteiger charge is -2.13. The molecule has 10 nitrogen and oxygen atoms in total. The third-order valence-corrected chi connectivity index (χ3v) is 3.71. The maximum Gasteiger partial charge on any atom is 0.270 e. The van der Waals surface area contributed by atoms with Gasteiger partial charge in [0.25, 0.3) is 17.5 Å². The molecule has 0 saturated heterocycles. The molecule has 0 aliphatic carbocycles. The Bertz CT molecular complexity index is 776. The number of carbonyl (C=O) groups excluding carboxylic acids is 4. The average molecular weight is 362 g/mol. The van der Waals surface area contributed by atoms with Crippen LogP contribution in [0, 0.1) is 10.1 Å². The Kier molecular flexibility index (Phi) is 5.99. The number of nitrogens with zero attached hydrogens (tertiary/aromatic N) is 2. The van der Waals surface area contributed by atoms with Gasteiger partial charge in [0.15, 0.2) is 0 Å². The molecule has 0 bridgehead atoms. The second-order valence-corrected chi connectivity index (χ2v) is 5.63. The lowest BCUT2D eigenvalue weighted by atomic mass is 10.1. The highest BCUT2D eigenvalue weighted by atomic mass is 16.6. The first-order valence-corrected chi connectivity index (χ1v) is 8.03. The highest BCUT2D eigenvalue weighted by molar-refractivity contribution is 6.22. The molecule has 1 aliphatic heterocycles. The first kappa shape index (κ1) is 19.0. The number of nitro groups is 1. The molecule has 0 radical (unpaired) electrons. The number of rotatable bonds is 8. The molecule has 26 heavy (non-hydrogen) atoms. The molecule has 138 valence electrons. The zero-order valence-electron chi connectivity index (χ0n) is 14.1. The molecule has 0 atom stereocenters. The van der Waals surface area contributed by atoms with Crippen molar-refractivity contribution in [1.82, 2.24) is 15.5 Å². The van der Waals surface area contributed by atoms with Crippen molar-refractivity contribution in [2.45, 2.75) is 19.8 Å². The summed E-state index contributed by atoms with van der Waals surface area (Å²) in [6, 6.07) is 3.36. The predicted octanol–water partition coefficient (Wildman–Crippen LogP) is 0.223. The van der Waals surface area contributed by atoms with Crippen LogP contribution in [0.25, 0.3) is 0 Å². The summed E-state index contributed by atoms with van der Waals surface area (Å²) in [6.45, 7) is 1.77. The van der Waals surface area contributed by atoms with Crippen LogP contribution in [-0.4, -0.2) is 53.1 Å². The number of imide groups is 1. The van der Waals surface area contributed by atoms with Crippen molar-refractivity contribution in [3.8, 4) is 0 Å². The van der Waals surface area contributed by atoms with E-state index in [1.54, 1.807) is 0 Å². The molecular weight excluding hydrogens is 344 g/mol. The number of benzene rings is 1. The molecule has 1 heterocycles. The average Bonchev–Trinajstić information content (AvgIpc) is 2.83. The van der Waals surface area contributed by atoms with Gasteiger partial charge in [0.05, 0.1) is 16.1 Å². The first-order valence-electron chi connectivity index (χ1n) is 8.03. The predicted molar refractivity (Wildman–Crippen MR) is 89.4 cm³/mol. The molecule has 2 N–H and O–H groups in total. The molecule has 0 spiro atoms. The minimum atomic E-state index is -0.750. The molecule has 4 amide bonds. The summed E-state index contributed by atoms with van der Waals surface area (Å²) in [7, 11) is 0. The quantitative estimate of drug-likeness (QED) is 0.294. The fraction of sp³-hybridized carbons (Fsp3) is 0.375. The molecule has 1 aromatic rings. The van der Waals surface area contributed by atoms with Gasteiger partial charge in [0.1, 0.15) is 6.54 Å². The van der Waals surface area contributed by atoms with Gasteiger partial charge in [-0.1, -0.05) is 6.92 Å². The largest absolute Gasteiger partial charge is 0.354 e.